The third-order valence-electron chi connectivity index (χ3n) is 2.16. The fraction of sp³-hybridized carbons (Fsp3) is 0.364. The summed E-state index contributed by atoms with van der Waals surface area (Å²) in [5, 5.41) is 0. The number of ether oxygens (including phenoxy) is 2. The Balaban J connectivity index is 3.51. The van der Waals surface area contributed by atoms with Gasteiger partial charge in [-0.1, -0.05) is 0 Å². The number of methoxy groups -OCH3 is 2. The number of carbonyl (C=O) groups excluding carboxylic acids is 1. The van der Waals surface area contributed by atoms with Crippen LogP contribution in [0.1, 0.15) is 21.5 Å². The van der Waals surface area contributed by atoms with Crippen LogP contribution in [0.3, 0.4) is 0 Å². The van der Waals surface area contributed by atoms with Gasteiger partial charge in [-0.05, 0) is 31.0 Å². The van der Waals surface area contributed by atoms with Gasteiger partial charge in [-0.15, -0.1) is 0 Å². The number of hydrogen-bond acceptors (Lipinski definition) is 3. The van der Waals surface area contributed by atoms with Crippen LogP contribution < -0.4 is 9.47 Å². The fourth-order valence-electron chi connectivity index (χ4n) is 1.63. The molecule has 0 aliphatic rings. The second-order valence-corrected chi connectivity index (χ2v) is 3.11. The predicted molar refractivity (Wildman–Crippen MR) is 54.4 cm³/mol. The number of benzene rings is 1. The first-order chi connectivity index (χ1) is 6.65. The maximum absolute atomic E-state index is 10.9. The molecule has 0 N–H and O–H groups in total. The first kappa shape index (κ1) is 10.6. The Kier molecular flexibility index (Phi) is 3.12. The highest BCUT2D eigenvalue weighted by Crippen LogP contribution is 2.33. The molecule has 0 bridgehead atoms. The molecule has 3 nitrogen and oxygen atoms in total. The summed E-state index contributed by atoms with van der Waals surface area (Å²) in [7, 11) is 3.09. The summed E-state index contributed by atoms with van der Waals surface area (Å²) in [6.07, 6.45) is 0.762. The minimum atomic E-state index is 0.479. The lowest BCUT2D eigenvalue weighted by Crippen LogP contribution is -2.00. The molecule has 3 heteroatoms. The summed E-state index contributed by atoms with van der Waals surface area (Å²) in [5.41, 5.74) is 2.35. The molecule has 1 aromatic rings. The zero-order valence-corrected chi connectivity index (χ0v) is 8.88. The van der Waals surface area contributed by atoms with Crippen LogP contribution in [0.4, 0.5) is 0 Å². The van der Waals surface area contributed by atoms with E-state index < -0.39 is 0 Å². The Labute approximate surface area is 83.6 Å². The van der Waals surface area contributed by atoms with Crippen molar-refractivity contribution >= 4 is 6.29 Å². The molecular formula is C11H14O3. The van der Waals surface area contributed by atoms with Crippen molar-refractivity contribution in [2.45, 2.75) is 13.8 Å². The van der Waals surface area contributed by atoms with Gasteiger partial charge >= 0.3 is 0 Å². The van der Waals surface area contributed by atoms with Crippen LogP contribution in [-0.4, -0.2) is 20.5 Å². The highest BCUT2D eigenvalue weighted by molar-refractivity contribution is 5.85. The smallest absolute Gasteiger partial charge is 0.157 e. The zero-order chi connectivity index (χ0) is 10.7. The van der Waals surface area contributed by atoms with Crippen molar-refractivity contribution in [1.82, 2.24) is 0 Å². The summed E-state index contributed by atoms with van der Waals surface area (Å²) in [4.78, 5) is 10.9. The van der Waals surface area contributed by atoms with Crippen LogP contribution in [0.25, 0.3) is 0 Å². The lowest BCUT2D eigenvalue weighted by atomic mass is 10.0. The number of carbonyl (C=O) groups is 1. The molecule has 0 aliphatic heterocycles. The summed E-state index contributed by atoms with van der Waals surface area (Å²) >= 11 is 0. The third kappa shape index (κ3) is 1.58. The molecule has 1 aromatic carbocycles. The SMILES string of the molecule is COc1c(C)cc(C)c(OC)c1C=O. The monoisotopic (exact) mass is 194 g/mol. The Hall–Kier alpha value is -1.51. The summed E-state index contributed by atoms with van der Waals surface area (Å²) in [6, 6.07) is 1.94. The van der Waals surface area contributed by atoms with E-state index in [1.165, 1.54) is 0 Å². The van der Waals surface area contributed by atoms with Crippen LogP contribution in [0.2, 0.25) is 0 Å². The average Bonchev–Trinajstić information content (AvgIpc) is 2.16. The second-order valence-electron chi connectivity index (χ2n) is 3.11. The van der Waals surface area contributed by atoms with Crippen LogP contribution in [0, 0.1) is 13.8 Å². The van der Waals surface area contributed by atoms with Gasteiger partial charge in [-0.2, -0.15) is 0 Å². The lowest BCUT2D eigenvalue weighted by Gasteiger charge is -2.13. The third-order valence-corrected chi connectivity index (χ3v) is 2.16. The Bertz CT molecular complexity index is 328. The topological polar surface area (TPSA) is 35.5 Å². The first-order valence-corrected chi connectivity index (χ1v) is 4.33. The van der Waals surface area contributed by atoms with Crippen molar-refractivity contribution in [1.29, 1.82) is 0 Å². The van der Waals surface area contributed by atoms with Crippen LogP contribution in [-0.2, 0) is 0 Å². The van der Waals surface area contributed by atoms with E-state index in [9.17, 15) is 4.79 Å². The fourth-order valence-corrected chi connectivity index (χ4v) is 1.63. The molecule has 0 unspecified atom stereocenters. The minimum absolute atomic E-state index is 0.479. The van der Waals surface area contributed by atoms with Gasteiger partial charge in [0.15, 0.2) is 6.29 Å². The molecule has 14 heavy (non-hydrogen) atoms. The highest BCUT2D eigenvalue weighted by atomic mass is 16.5. The molecule has 0 spiro atoms. The van der Waals surface area contributed by atoms with E-state index >= 15 is 0 Å². The molecule has 0 aromatic heterocycles. The van der Waals surface area contributed by atoms with E-state index in [4.69, 9.17) is 9.47 Å². The van der Waals surface area contributed by atoms with E-state index in [0.29, 0.717) is 17.1 Å². The normalized spacial score (nSPS) is 9.71. The predicted octanol–water partition coefficient (Wildman–Crippen LogP) is 2.13. The van der Waals surface area contributed by atoms with Gasteiger partial charge < -0.3 is 9.47 Å². The Morgan fingerprint density at radius 1 is 1.07 bits per heavy atom. The van der Waals surface area contributed by atoms with Gasteiger partial charge in [0.25, 0.3) is 0 Å². The van der Waals surface area contributed by atoms with Gasteiger partial charge in [0.2, 0.25) is 0 Å². The standard InChI is InChI=1S/C11H14O3/c1-7-5-8(2)11(14-4)9(6-12)10(7)13-3/h5-6H,1-4H3. The number of aryl methyl sites for hydroxylation is 2. The van der Waals surface area contributed by atoms with Crippen molar-refractivity contribution in [3.63, 3.8) is 0 Å². The number of rotatable bonds is 3. The Morgan fingerprint density at radius 2 is 1.50 bits per heavy atom. The molecule has 0 aliphatic carbocycles. The first-order valence-electron chi connectivity index (χ1n) is 4.33. The molecule has 0 fully saturated rings. The van der Waals surface area contributed by atoms with Crippen molar-refractivity contribution in [3.05, 3.63) is 22.8 Å². The molecule has 0 amide bonds. The summed E-state index contributed by atoms with van der Waals surface area (Å²) < 4.78 is 10.3. The maximum atomic E-state index is 10.9. The van der Waals surface area contributed by atoms with Gasteiger partial charge in [0.05, 0.1) is 19.8 Å². The summed E-state index contributed by atoms with van der Waals surface area (Å²) in [5.74, 6) is 1.17. The Morgan fingerprint density at radius 3 is 1.79 bits per heavy atom. The minimum Gasteiger partial charge on any atom is -0.496 e. The quantitative estimate of drug-likeness (QED) is 0.691. The second kappa shape index (κ2) is 4.13. The average molecular weight is 194 g/mol. The van der Waals surface area contributed by atoms with Crippen molar-refractivity contribution in [3.8, 4) is 11.5 Å². The van der Waals surface area contributed by atoms with Crippen LogP contribution in [0.15, 0.2) is 6.07 Å². The van der Waals surface area contributed by atoms with E-state index in [-0.39, 0.29) is 0 Å². The molecular weight excluding hydrogens is 180 g/mol. The molecule has 0 heterocycles. The van der Waals surface area contributed by atoms with Crippen molar-refractivity contribution < 1.29 is 14.3 Å². The van der Waals surface area contributed by atoms with Crippen molar-refractivity contribution in [2.24, 2.45) is 0 Å². The lowest BCUT2D eigenvalue weighted by molar-refractivity contribution is 0.111. The van der Waals surface area contributed by atoms with E-state index in [0.717, 1.165) is 17.4 Å². The zero-order valence-electron chi connectivity index (χ0n) is 8.88. The van der Waals surface area contributed by atoms with Gasteiger partial charge in [-0.25, -0.2) is 0 Å². The molecule has 0 radical (unpaired) electrons. The summed E-state index contributed by atoms with van der Waals surface area (Å²) in [6.45, 7) is 3.80. The van der Waals surface area contributed by atoms with Crippen LogP contribution >= 0.6 is 0 Å². The van der Waals surface area contributed by atoms with Crippen LogP contribution in [0.5, 0.6) is 11.5 Å². The highest BCUT2D eigenvalue weighted by Gasteiger charge is 2.14. The number of aldehydes is 1. The largest absolute Gasteiger partial charge is 0.496 e. The van der Waals surface area contributed by atoms with E-state index in [2.05, 4.69) is 0 Å². The number of hydrogen-bond donors (Lipinski definition) is 0. The molecule has 0 saturated carbocycles. The molecule has 0 saturated heterocycles. The van der Waals surface area contributed by atoms with E-state index in [1.807, 2.05) is 19.9 Å². The van der Waals surface area contributed by atoms with Gasteiger partial charge in [0.1, 0.15) is 11.5 Å². The molecule has 0 atom stereocenters. The van der Waals surface area contributed by atoms with Gasteiger partial charge in [0, 0.05) is 0 Å². The molecule has 1 rings (SSSR count). The molecule has 76 valence electrons. The van der Waals surface area contributed by atoms with E-state index in [1.54, 1.807) is 14.2 Å². The maximum Gasteiger partial charge on any atom is 0.157 e. The van der Waals surface area contributed by atoms with Gasteiger partial charge in [-0.3, -0.25) is 4.79 Å². The van der Waals surface area contributed by atoms with Crippen molar-refractivity contribution in [2.75, 3.05) is 14.2 Å².